The third-order valence-electron chi connectivity index (χ3n) is 0. The predicted molar refractivity (Wildman–Crippen MR) is 24.7 cm³/mol. The minimum atomic E-state index is -4.67. The van der Waals surface area contributed by atoms with E-state index in [1.165, 1.54) is 0 Å². The molecule has 0 aromatic rings. The minimum Gasteiger partial charge on any atom is -0.693 e. The summed E-state index contributed by atoms with van der Waals surface area (Å²) >= 11 is 0. The van der Waals surface area contributed by atoms with Crippen LogP contribution in [-0.4, -0.2) is 17.5 Å². The quantitative estimate of drug-likeness (QED) is 0.474. The van der Waals surface area contributed by atoms with Gasteiger partial charge in [-0.25, -0.2) is 0 Å². The summed E-state index contributed by atoms with van der Waals surface area (Å²) in [6.45, 7) is 0. The van der Waals surface area contributed by atoms with Crippen molar-refractivity contribution in [1.29, 1.82) is 0 Å². The largest absolute Gasteiger partial charge is 0.693 e. The molecule has 0 aliphatic heterocycles. The Morgan fingerprint density at radius 2 is 1.00 bits per heavy atom. The molecule has 0 rings (SSSR count). The van der Waals surface area contributed by atoms with Crippen molar-refractivity contribution in [2.75, 3.05) is 0 Å². The molecule has 0 fully saturated rings. The normalized spacial score (nSPS) is 7.25. The van der Waals surface area contributed by atoms with Gasteiger partial charge in [0.25, 0.3) is 0 Å². The van der Waals surface area contributed by atoms with Crippen LogP contribution >= 0.6 is 0 Å². The van der Waals surface area contributed by atoms with E-state index in [1.807, 2.05) is 0 Å². The molecule has 0 unspecified atom stereocenters. The summed E-state index contributed by atoms with van der Waals surface area (Å²) in [5.41, 5.74) is 0. The van der Waals surface area contributed by atoms with Crippen LogP contribution in [0.15, 0.2) is 0 Å². The Labute approximate surface area is 62.9 Å². The maximum atomic E-state index is 8.74. The van der Waals surface area contributed by atoms with Crippen molar-refractivity contribution in [2.24, 2.45) is 0 Å². The monoisotopic (exact) mass is 237 g/mol. The minimum absolute atomic E-state index is 0. The predicted octanol–water partition coefficient (Wildman–Crippen LogP) is 0.779. The standard InChI is InChI=1S/Ag.2H2N.H2O4S/c;;;1-5(2,3)4/h;2*1H2;(H2,1,2,3,4)/q;2*-1;. The van der Waals surface area contributed by atoms with E-state index in [2.05, 4.69) is 0 Å². The molecule has 6 N–H and O–H groups in total. The maximum absolute atomic E-state index is 8.74. The fourth-order valence-electron chi connectivity index (χ4n) is 0. The SMILES string of the molecule is O=S(=O)(O)O.[Ag].[NH2-].[NH2-]. The Morgan fingerprint density at radius 1 is 1.00 bits per heavy atom. The van der Waals surface area contributed by atoms with Crippen LogP contribution in [0.25, 0.3) is 12.3 Å². The van der Waals surface area contributed by atoms with Gasteiger partial charge >= 0.3 is 10.4 Å². The maximum Gasteiger partial charge on any atom is 0.394 e. The van der Waals surface area contributed by atoms with Crippen LogP contribution < -0.4 is 0 Å². The van der Waals surface area contributed by atoms with Crippen molar-refractivity contribution < 1.29 is 39.9 Å². The van der Waals surface area contributed by atoms with Gasteiger partial charge in [-0.15, -0.1) is 0 Å². The first-order valence-electron chi connectivity index (χ1n) is 0.698. The Kier molecular flexibility index (Phi) is 22.2. The van der Waals surface area contributed by atoms with Crippen LogP contribution in [0.5, 0.6) is 0 Å². The van der Waals surface area contributed by atoms with E-state index in [0.29, 0.717) is 0 Å². The van der Waals surface area contributed by atoms with E-state index >= 15 is 0 Å². The average Bonchev–Trinajstić information content (AvgIpc) is 0.722. The van der Waals surface area contributed by atoms with Crippen molar-refractivity contribution in [3.63, 3.8) is 0 Å². The van der Waals surface area contributed by atoms with Crippen LogP contribution in [-0.2, 0) is 32.8 Å². The molecule has 6 nitrogen and oxygen atoms in total. The number of rotatable bonds is 0. The Bertz CT molecular complexity index is 97.2. The molecule has 0 spiro atoms. The van der Waals surface area contributed by atoms with Crippen molar-refractivity contribution in [3.8, 4) is 0 Å². The van der Waals surface area contributed by atoms with Crippen molar-refractivity contribution in [1.82, 2.24) is 0 Å². The zero-order valence-electron chi connectivity index (χ0n) is 3.58. The van der Waals surface area contributed by atoms with E-state index in [4.69, 9.17) is 17.5 Å². The molecule has 0 bridgehead atoms. The molecular weight excluding hydrogens is 232 g/mol. The summed E-state index contributed by atoms with van der Waals surface area (Å²) in [6, 6.07) is 0. The Morgan fingerprint density at radius 3 is 1.00 bits per heavy atom. The first kappa shape index (κ1) is 23.6. The Hall–Kier alpha value is 0.530. The summed E-state index contributed by atoms with van der Waals surface area (Å²) in [7, 11) is -4.67. The average molecular weight is 238 g/mol. The fraction of sp³-hybridized carbons (Fsp3) is 0. The summed E-state index contributed by atoms with van der Waals surface area (Å²) in [4.78, 5) is 0. The van der Waals surface area contributed by atoms with E-state index in [-0.39, 0.29) is 34.7 Å². The second kappa shape index (κ2) is 7.53. The van der Waals surface area contributed by atoms with Crippen LogP contribution in [0.4, 0.5) is 0 Å². The molecule has 0 heterocycles. The number of nitrogens with two attached hydrogens (primary N) is 2. The first-order valence-corrected chi connectivity index (χ1v) is 2.10. The molecule has 0 aliphatic rings. The number of hydrogen-bond acceptors (Lipinski definition) is 2. The molecule has 59 valence electrons. The van der Waals surface area contributed by atoms with Crippen molar-refractivity contribution >= 4 is 10.4 Å². The summed E-state index contributed by atoms with van der Waals surface area (Å²) in [5, 5.41) is 0. The third kappa shape index (κ3) is 710. The van der Waals surface area contributed by atoms with Gasteiger partial charge < -0.3 is 12.3 Å². The van der Waals surface area contributed by atoms with Gasteiger partial charge in [0.1, 0.15) is 0 Å². The number of hydrogen-bond donors (Lipinski definition) is 2. The van der Waals surface area contributed by atoms with Crippen molar-refractivity contribution in [3.05, 3.63) is 12.3 Å². The molecule has 0 saturated heterocycles. The molecule has 0 saturated carbocycles. The van der Waals surface area contributed by atoms with E-state index in [0.717, 1.165) is 0 Å². The topological polar surface area (TPSA) is 142 Å². The molecule has 0 aromatic carbocycles. The smallest absolute Gasteiger partial charge is 0.394 e. The van der Waals surface area contributed by atoms with Gasteiger partial charge in [-0.1, -0.05) is 0 Å². The van der Waals surface area contributed by atoms with Crippen molar-refractivity contribution in [2.45, 2.75) is 0 Å². The van der Waals surface area contributed by atoms with E-state index in [9.17, 15) is 0 Å². The fourth-order valence-corrected chi connectivity index (χ4v) is 0. The third-order valence-corrected chi connectivity index (χ3v) is 0. The second-order valence-corrected chi connectivity index (χ2v) is 1.34. The van der Waals surface area contributed by atoms with E-state index in [1.54, 1.807) is 0 Å². The van der Waals surface area contributed by atoms with Gasteiger partial charge in [0.05, 0.1) is 0 Å². The molecule has 0 amide bonds. The Balaban J connectivity index is -0.0000000267. The summed E-state index contributed by atoms with van der Waals surface area (Å²) in [6.07, 6.45) is 0. The van der Waals surface area contributed by atoms with Crippen LogP contribution in [0.1, 0.15) is 0 Å². The zero-order valence-corrected chi connectivity index (χ0v) is 5.87. The van der Waals surface area contributed by atoms with E-state index < -0.39 is 10.4 Å². The molecular formula is H6AgN2O4S-2. The van der Waals surface area contributed by atoms with Gasteiger partial charge in [-0.05, 0) is 0 Å². The van der Waals surface area contributed by atoms with Crippen LogP contribution in [0, 0.1) is 0 Å². The molecule has 0 atom stereocenters. The van der Waals surface area contributed by atoms with Gasteiger partial charge in [0, 0.05) is 22.4 Å². The summed E-state index contributed by atoms with van der Waals surface area (Å²) in [5.74, 6) is 0. The van der Waals surface area contributed by atoms with Crippen LogP contribution in [0.2, 0.25) is 0 Å². The molecule has 8 heavy (non-hydrogen) atoms. The summed E-state index contributed by atoms with van der Waals surface area (Å²) < 4.78 is 31.6. The second-order valence-electron chi connectivity index (χ2n) is 0.448. The molecule has 1 radical (unpaired) electrons. The van der Waals surface area contributed by atoms with Gasteiger partial charge in [0.2, 0.25) is 0 Å². The molecule has 0 aliphatic carbocycles. The van der Waals surface area contributed by atoms with Gasteiger partial charge in [0.15, 0.2) is 0 Å². The first-order chi connectivity index (χ1) is 2.00. The van der Waals surface area contributed by atoms with Gasteiger partial charge in [-0.2, -0.15) is 8.42 Å². The molecule has 0 aromatic heterocycles. The van der Waals surface area contributed by atoms with Gasteiger partial charge in [-0.3, -0.25) is 9.11 Å². The van der Waals surface area contributed by atoms with Crippen LogP contribution in [0.3, 0.4) is 0 Å². The molecule has 8 heteroatoms. The zero-order chi connectivity index (χ0) is 4.50.